The standard InChI is InChI=1S/C12H18N2O2/c1-2-10(9-15)14-12(16)7-6-11-5-3-4-8-13-11/h3-5,8,10,15H,2,6-7,9H2,1H3,(H,14,16)/t10-/m0/s1. The Labute approximate surface area is 95.7 Å². The van der Waals surface area contributed by atoms with E-state index in [1.165, 1.54) is 0 Å². The van der Waals surface area contributed by atoms with E-state index < -0.39 is 0 Å². The fraction of sp³-hybridized carbons (Fsp3) is 0.500. The van der Waals surface area contributed by atoms with E-state index >= 15 is 0 Å². The van der Waals surface area contributed by atoms with Gasteiger partial charge in [-0.05, 0) is 25.0 Å². The number of hydrogen-bond acceptors (Lipinski definition) is 3. The summed E-state index contributed by atoms with van der Waals surface area (Å²) in [5.41, 5.74) is 0.912. The second-order valence-electron chi connectivity index (χ2n) is 3.68. The lowest BCUT2D eigenvalue weighted by molar-refractivity contribution is -0.122. The molecule has 0 aliphatic heterocycles. The van der Waals surface area contributed by atoms with Crippen LogP contribution in [-0.2, 0) is 11.2 Å². The smallest absolute Gasteiger partial charge is 0.220 e. The number of aliphatic hydroxyl groups is 1. The summed E-state index contributed by atoms with van der Waals surface area (Å²) >= 11 is 0. The lowest BCUT2D eigenvalue weighted by atomic mass is 10.2. The number of nitrogens with one attached hydrogen (secondary N) is 1. The minimum Gasteiger partial charge on any atom is -0.394 e. The molecule has 0 radical (unpaired) electrons. The highest BCUT2D eigenvalue weighted by molar-refractivity contribution is 5.76. The summed E-state index contributed by atoms with van der Waals surface area (Å²) in [6.07, 6.45) is 3.50. The molecule has 1 rings (SSSR count). The van der Waals surface area contributed by atoms with E-state index in [2.05, 4.69) is 10.3 Å². The number of aliphatic hydroxyl groups excluding tert-OH is 1. The molecule has 0 bridgehead atoms. The number of aromatic nitrogens is 1. The van der Waals surface area contributed by atoms with Crippen molar-refractivity contribution in [2.24, 2.45) is 0 Å². The second-order valence-corrected chi connectivity index (χ2v) is 3.68. The van der Waals surface area contributed by atoms with Gasteiger partial charge in [0.1, 0.15) is 0 Å². The Morgan fingerprint density at radius 1 is 1.56 bits per heavy atom. The maximum Gasteiger partial charge on any atom is 0.220 e. The van der Waals surface area contributed by atoms with Crippen LogP contribution in [0.2, 0.25) is 0 Å². The van der Waals surface area contributed by atoms with Crippen LogP contribution in [-0.4, -0.2) is 28.6 Å². The first-order valence-corrected chi connectivity index (χ1v) is 5.56. The van der Waals surface area contributed by atoms with E-state index in [9.17, 15) is 4.79 Å². The average molecular weight is 222 g/mol. The summed E-state index contributed by atoms with van der Waals surface area (Å²) in [7, 11) is 0. The minimum atomic E-state index is -0.128. The number of hydrogen-bond donors (Lipinski definition) is 2. The summed E-state index contributed by atoms with van der Waals surface area (Å²) in [5.74, 6) is -0.0356. The number of carbonyl (C=O) groups is 1. The Kier molecular flexibility index (Phi) is 5.50. The van der Waals surface area contributed by atoms with Gasteiger partial charge in [0.2, 0.25) is 5.91 Å². The zero-order chi connectivity index (χ0) is 11.8. The molecule has 1 atom stereocenters. The number of pyridine rings is 1. The maximum absolute atomic E-state index is 11.5. The van der Waals surface area contributed by atoms with Gasteiger partial charge in [-0.2, -0.15) is 0 Å². The molecule has 4 nitrogen and oxygen atoms in total. The topological polar surface area (TPSA) is 62.2 Å². The normalized spacial score (nSPS) is 12.1. The first kappa shape index (κ1) is 12.6. The van der Waals surface area contributed by atoms with Gasteiger partial charge in [0.25, 0.3) is 0 Å². The number of rotatable bonds is 6. The number of carbonyl (C=O) groups excluding carboxylic acids is 1. The highest BCUT2D eigenvalue weighted by atomic mass is 16.3. The van der Waals surface area contributed by atoms with Crippen LogP contribution >= 0.6 is 0 Å². The molecule has 0 aliphatic rings. The molecule has 0 spiro atoms. The quantitative estimate of drug-likeness (QED) is 0.751. The van der Waals surface area contributed by atoms with Gasteiger partial charge in [-0.1, -0.05) is 13.0 Å². The van der Waals surface area contributed by atoms with Crippen molar-refractivity contribution in [2.75, 3.05) is 6.61 Å². The van der Waals surface area contributed by atoms with Crippen LogP contribution < -0.4 is 5.32 Å². The van der Waals surface area contributed by atoms with Gasteiger partial charge in [-0.15, -0.1) is 0 Å². The largest absolute Gasteiger partial charge is 0.394 e. The van der Waals surface area contributed by atoms with Crippen molar-refractivity contribution in [3.8, 4) is 0 Å². The molecule has 1 aromatic rings. The van der Waals surface area contributed by atoms with Gasteiger partial charge in [0.15, 0.2) is 0 Å². The highest BCUT2D eigenvalue weighted by Gasteiger charge is 2.08. The van der Waals surface area contributed by atoms with Gasteiger partial charge in [-0.3, -0.25) is 9.78 Å². The lowest BCUT2D eigenvalue weighted by Gasteiger charge is -2.13. The molecule has 0 unspecified atom stereocenters. The third kappa shape index (κ3) is 4.40. The predicted octanol–water partition coefficient (Wildman–Crippen LogP) is 0.901. The van der Waals surface area contributed by atoms with Crippen molar-refractivity contribution >= 4 is 5.91 Å². The molecule has 0 saturated heterocycles. The summed E-state index contributed by atoms with van der Waals surface area (Å²) in [4.78, 5) is 15.6. The monoisotopic (exact) mass is 222 g/mol. The third-order valence-electron chi connectivity index (χ3n) is 2.41. The molecule has 0 saturated carbocycles. The van der Waals surface area contributed by atoms with Gasteiger partial charge < -0.3 is 10.4 Å². The Morgan fingerprint density at radius 3 is 2.94 bits per heavy atom. The van der Waals surface area contributed by atoms with Crippen LogP contribution in [0.25, 0.3) is 0 Å². The minimum absolute atomic E-state index is 0.00811. The fourth-order valence-corrected chi connectivity index (χ4v) is 1.36. The molecule has 4 heteroatoms. The Hall–Kier alpha value is -1.42. The van der Waals surface area contributed by atoms with E-state index in [1.54, 1.807) is 6.20 Å². The van der Waals surface area contributed by atoms with Crippen LogP contribution in [0, 0.1) is 0 Å². The molecular formula is C12H18N2O2. The van der Waals surface area contributed by atoms with E-state index in [1.807, 2.05) is 25.1 Å². The van der Waals surface area contributed by atoms with Gasteiger partial charge in [0.05, 0.1) is 12.6 Å². The molecule has 0 aliphatic carbocycles. The zero-order valence-electron chi connectivity index (χ0n) is 9.52. The Balaban J connectivity index is 2.30. The molecule has 0 aromatic carbocycles. The van der Waals surface area contributed by atoms with E-state index in [0.717, 1.165) is 12.1 Å². The van der Waals surface area contributed by atoms with Gasteiger partial charge >= 0.3 is 0 Å². The van der Waals surface area contributed by atoms with Crippen molar-refractivity contribution < 1.29 is 9.90 Å². The Morgan fingerprint density at radius 2 is 2.38 bits per heavy atom. The molecule has 1 amide bonds. The van der Waals surface area contributed by atoms with E-state index in [4.69, 9.17) is 5.11 Å². The van der Waals surface area contributed by atoms with Crippen LogP contribution in [0.3, 0.4) is 0 Å². The summed E-state index contributed by atoms with van der Waals surface area (Å²) in [6.45, 7) is 1.92. The van der Waals surface area contributed by atoms with Crippen LogP contribution in [0.5, 0.6) is 0 Å². The number of nitrogens with zero attached hydrogens (tertiary/aromatic N) is 1. The maximum atomic E-state index is 11.5. The van der Waals surface area contributed by atoms with Crippen molar-refractivity contribution in [1.29, 1.82) is 0 Å². The van der Waals surface area contributed by atoms with Crippen molar-refractivity contribution in [3.63, 3.8) is 0 Å². The number of aryl methyl sites for hydroxylation is 1. The highest BCUT2D eigenvalue weighted by Crippen LogP contribution is 1.99. The molecular weight excluding hydrogens is 204 g/mol. The molecule has 0 fully saturated rings. The van der Waals surface area contributed by atoms with Crippen molar-refractivity contribution in [3.05, 3.63) is 30.1 Å². The van der Waals surface area contributed by atoms with Crippen LogP contribution in [0.4, 0.5) is 0 Å². The first-order chi connectivity index (χ1) is 7.76. The van der Waals surface area contributed by atoms with Crippen LogP contribution in [0.15, 0.2) is 24.4 Å². The van der Waals surface area contributed by atoms with E-state index in [0.29, 0.717) is 12.8 Å². The van der Waals surface area contributed by atoms with Gasteiger partial charge in [0, 0.05) is 18.3 Å². The fourth-order valence-electron chi connectivity index (χ4n) is 1.36. The van der Waals surface area contributed by atoms with Crippen molar-refractivity contribution in [1.82, 2.24) is 10.3 Å². The summed E-state index contributed by atoms with van der Waals surface area (Å²) in [6, 6.07) is 5.53. The third-order valence-corrected chi connectivity index (χ3v) is 2.41. The molecule has 1 heterocycles. The molecule has 2 N–H and O–H groups in total. The second kappa shape index (κ2) is 6.95. The number of amides is 1. The van der Waals surface area contributed by atoms with Crippen molar-refractivity contribution in [2.45, 2.75) is 32.2 Å². The van der Waals surface area contributed by atoms with Gasteiger partial charge in [-0.25, -0.2) is 0 Å². The SMILES string of the molecule is CC[C@@H](CO)NC(=O)CCc1ccccn1. The average Bonchev–Trinajstić information content (AvgIpc) is 2.34. The lowest BCUT2D eigenvalue weighted by Crippen LogP contribution is -2.37. The molecule has 88 valence electrons. The Bertz CT molecular complexity index is 310. The predicted molar refractivity (Wildman–Crippen MR) is 61.9 cm³/mol. The van der Waals surface area contributed by atoms with Crippen LogP contribution in [0.1, 0.15) is 25.5 Å². The zero-order valence-corrected chi connectivity index (χ0v) is 9.52. The summed E-state index contributed by atoms with van der Waals surface area (Å²) in [5, 5.41) is 11.7. The summed E-state index contributed by atoms with van der Waals surface area (Å²) < 4.78 is 0. The molecule has 16 heavy (non-hydrogen) atoms. The molecule has 1 aromatic heterocycles. The first-order valence-electron chi connectivity index (χ1n) is 5.56. The van der Waals surface area contributed by atoms with E-state index in [-0.39, 0.29) is 18.6 Å².